The number of H-pyrrole nitrogens is 1. The van der Waals surface area contributed by atoms with E-state index in [-0.39, 0.29) is 0 Å². The van der Waals surface area contributed by atoms with Gasteiger partial charge in [-0.05, 0) is 57.3 Å². The van der Waals surface area contributed by atoms with E-state index < -0.39 is 0 Å². The molecule has 3 aliphatic rings. The molecule has 1 N–H and O–H groups in total. The van der Waals surface area contributed by atoms with Gasteiger partial charge in [-0.25, -0.2) is 0 Å². The van der Waals surface area contributed by atoms with Gasteiger partial charge >= 0.3 is 0 Å². The highest BCUT2D eigenvalue weighted by atomic mass is 32.1. The minimum Gasteiger partial charge on any atom is -0.301 e. The van der Waals surface area contributed by atoms with Gasteiger partial charge in [0, 0.05) is 24.5 Å². The van der Waals surface area contributed by atoms with Gasteiger partial charge < -0.3 is 9.47 Å². The molecule has 0 bridgehead atoms. The van der Waals surface area contributed by atoms with Crippen molar-refractivity contribution >= 4 is 12.2 Å². The molecule has 18 heavy (non-hydrogen) atoms. The second-order valence-corrected chi connectivity index (χ2v) is 6.43. The standard InChI is InChI=1S/C13H20N4S/c18-13-15-14-12(9-3-4-9)17(13)11-5-7-16-6-1-2-10(16)8-11/h9-11H,1-8H2,(H,15,18). The average Bonchev–Trinajstić information content (AvgIpc) is 2.99. The number of piperidine rings is 1. The molecule has 2 unspecified atom stereocenters. The minimum atomic E-state index is 0.589. The molecule has 0 radical (unpaired) electrons. The maximum absolute atomic E-state index is 5.45. The van der Waals surface area contributed by atoms with Gasteiger partial charge in [0.1, 0.15) is 5.82 Å². The van der Waals surface area contributed by atoms with Crippen LogP contribution in [0.15, 0.2) is 0 Å². The fourth-order valence-corrected chi connectivity index (χ4v) is 4.03. The Morgan fingerprint density at radius 3 is 2.83 bits per heavy atom. The Kier molecular flexibility index (Phi) is 2.59. The lowest BCUT2D eigenvalue weighted by molar-refractivity contribution is 0.153. The molecular formula is C13H20N4S. The van der Waals surface area contributed by atoms with Crippen molar-refractivity contribution in [1.82, 2.24) is 19.7 Å². The quantitative estimate of drug-likeness (QED) is 0.834. The molecule has 98 valence electrons. The van der Waals surface area contributed by atoms with E-state index in [9.17, 15) is 0 Å². The molecule has 2 saturated heterocycles. The Balaban J connectivity index is 1.63. The Labute approximate surface area is 112 Å². The van der Waals surface area contributed by atoms with E-state index >= 15 is 0 Å². The first-order chi connectivity index (χ1) is 8.83. The molecule has 1 aromatic heterocycles. The summed E-state index contributed by atoms with van der Waals surface area (Å²) >= 11 is 5.45. The maximum atomic E-state index is 5.45. The van der Waals surface area contributed by atoms with Gasteiger partial charge in [-0.15, -0.1) is 0 Å². The summed E-state index contributed by atoms with van der Waals surface area (Å²) in [4.78, 5) is 2.66. The molecule has 0 amide bonds. The second kappa shape index (κ2) is 4.17. The number of rotatable bonds is 2. The van der Waals surface area contributed by atoms with Crippen LogP contribution in [0.4, 0.5) is 0 Å². The molecule has 3 fully saturated rings. The fraction of sp³-hybridized carbons (Fsp3) is 0.846. The summed E-state index contributed by atoms with van der Waals surface area (Å²) in [5, 5.41) is 7.49. The largest absolute Gasteiger partial charge is 0.301 e. The lowest BCUT2D eigenvalue weighted by Crippen LogP contribution is -2.39. The Morgan fingerprint density at radius 1 is 1.11 bits per heavy atom. The fourth-order valence-electron chi connectivity index (χ4n) is 3.74. The molecule has 3 heterocycles. The van der Waals surface area contributed by atoms with Crippen LogP contribution >= 0.6 is 12.2 Å². The van der Waals surface area contributed by atoms with Crippen LogP contribution in [-0.4, -0.2) is 38.8 Å². The molecule has 4 nitrogen and oxygen atoms in total. The van der Waals surface area contributed by atoms with Crippen molar-refractivity contribution in [2.24, 2.45) is 0 Å². The molecule has 1 aliphatic carbocycles. The van der Waals surface area contributed by atoms with Gasteiger partial charge in [0.2, 0.25) is 0 Å². The highest BCUT2D eigenvalue weighted by Crippen LogP contribution is 2.42. The topological polar surface area (TPSA) is 36.9 Å². The summed E-state index contributed by atoms with van der Waals surface area (Å²) in [5.74, 6) is 1.91. The van der Waals surface area contributed by atoms with Crippen LogP contribution < -0.4 is 0 Å². The van der Waals surface area contributed by atoms with Crippen LogP contribution in [0.5, 0.6) is 0 Å². The van der Waals surface area contributed by atoms with Crippen molar-refractivity contribution in [3.05, 3.63) is 10.6 Å². The van der Waals surface area contributed by atoms with Crippen LogP contribution in [0.1, 0.15) is 56.3 Å². The first kappa shape index (κ1) is 11.2. The maximum Gasteiger partial charge on any atom is 0.195 e. The van der Waals surface area contributed by atoms with Crippen molar-refractivity contribution < 1.29 is 0 Å². The minimum absolute atomic E-state index is 0.589. The first-order valence-corrected chi connectivity index (χ1v) is 7.64. The van der Waals surface area contributed by atoms with Gasteiger partial charge in [-0.1, -0.05) is 0 Å². The monoisotopic (exact) mass is 264 g/mol. The van der Waals surface area contributed by atoms with Crippen LogP contribution in [0, 0.1) is 4.77 Å². The van der Waals surface area contributed by atoms with Gasteiger partial charge in [0.05, 0.1) is 0 Å². The summed E-state index contributed by atoms with van der Waals surface area (Å²) in [6, 6.07) is 1.39. The number of hydrogen-bond donors (Lipinski definition) is 1. The molecule has 2 atom stereocenters. The van der Waals surface area contributed by atoms with Crippen LogP contribution in [0.2, 0.25) is 0 Å². The Morgan fingerprint density at radius 2 is 2.00 bits per heavy atom. The van der Waals surface area contributed by atoms with Crippen molar-refractivity contribution in [3.63, 3.8) is 0 Å². The van der Waals surface area contributed by atoms with Gasteiger partial charge in [0.25, 0.3) is 0 Å². The van der Waals surface area contributed by atoms with E-state index in [0.717, 1.165) is 10.8 Å². The third kappa shape index (κ3) is 1.75. The number of nitrogens with zero attached hydrogens (tertiary/aromatic N) is 3. The summed E-state index contributed by atoms with van der Waals surface area (Å²) < 4.78 is 3.19. The zero-order valence-corrected chi connectivity index (χ0v) is 11.5. The van der Waals surface area contributed by atoms with E-state index in [1.54, 1.807) is 0 Å². The van der Waals surface area contributed by atoms with E-state index in [0.29, 0.717) is 12.0 Å². The average molecular weight is 264 g/mol. The molecule has 2 aliphatic heterocycles. The third-order valence-corrected chi connectivity index (χ3v) is 5.12. The molecule has 1 saturated carbocycles. The van der Waals surface area contributed by atoms with Gasteiger partial charge in [-0.3, -0.25) is 5.10 Å². The zero-order chi connectivity index (χ0) is 12.1. The highest BCUT2D eigenvalue weighted by molar-refractivity contribution is 7.71. The highest BCUT2D eigenvalue weighted by Gasteiger charge is 2.36. The predicted octanol–water partition coefficient (Wildman–Crippen LogP) is 2.62. The van der Waals surface area contributed by atoms with Crippen molar-refractivity contribution in [1.29, 1.82) is 0 Å². The summed E-state index contributed by atoms with van der Waals surface area (Å²) in [6.07, 6.45) is 7.85. The summed E-state index contributed by atoms with van der Waals surface area (Å²) in [7, 11) is 0. The molecule has 1 aromatic rings. The van der Waals surface area contributed by atoms with Gasteiger partial charge in [0.15, 0.2) is 4.77 Å². The normalized spacial score (nSPS) is 32.7. The van der Waals surface area contributed by atoms with E-state index in [1.165, 1.54) is 57.4 Å². The van der Waals surface area contributed by atoms with Crippen molar-refractivity contribution in [2.45, 2.75) is 56.5 Å². The molecule has 4 rings (SSSR count). The number of aromatic amines is 1. The SMILES string of the molecule is S=c1[nH]nc(C2CC2)n1C1CCN2CCCC2C1. The zero-order valence-electron chi connectivity index (χ0n) is 10.6. The molecule has 0 aromatic carbocycles. The van der Waals surface area contributed by atoms with Crippen molar-refractivity contribution in [2.75, 3.05) is 13.1 Å². The lowest BCUT2D eigenvalue weighted by atomic mass is 9.97. The van der Waals surface area contributed by atoms with E-state index in [1.807, 2.05) is 0 Å². The van der Waals surface area contributed by atoms with Gasteiger partial charge in [-0.2, -0.15) is 5.10 Å². The smallest absolute Gasteiger partial charge is 0.195 e. The third-order valence-electron chi connectivity index (χ3n) is 4.83. The number of hydrogen-bond acceptors (Lipinski definition) is 3. The summed E-state index contributed by atoms with van der Waals surface area (Å²) in [5.41, 5.74) is 0. The lowest BCUT2D eigenvalue weighted by Gasteiger charge is -2.35. The van der Waals surface area contributed by atoms with Crippen LogP contribution in [0.25, 0.3) is 0 Å². The second-order valence-electron chi connectivity index (χ2n) is 6.04. The van der Waals surface area contributed by atoms with E-state index in [2.05, 4.69) is 19.7 Å². The number of nitrogens with one attached hydrogen (secondary N) is 1. The van der Waals surface area contributed by atoms with E-state index in [4.69, 9.17) is 12.2 Å². The molecule has 0 spiro atoms. The number of fused-ring (bicyclic) bond motifs is 1. The molecular weight excluding hydrogens is 244 g/mol. The van der Waals surface area contributed by atoms with Crippen molar-refractivity contribution in [3.8, 4) is 0 Å². The Hall–Kier alpha value is -0.680. The predicted molar refractivity (Wildman–Crippen MR) is 72.3 cm³/mol. The van der Waals surface area contributed by atoms with Crippen LogP contribution in [-0.2, 0) is 0 Å². The first-order valence-electron chi connectivity index (χ1n) is 7.24. The summed E-state index contributed by atoms with van der Waals surface area (Å²) in [6.45, 7) is 2.55. The molecule has 5 heteroatoms. The number of aromatic nitrogens is 3. The van der Waals surface area contributed by atoms with Crippen LogP contribution in [0.3, 0.4) is 0 Å². The Bertz CT molecular complexity index is 501.